The van der Waals surface area contributed by atoms with Crippen molar-refractivity contribution < 1.29 is 40.3 Å². The van der Waals surface area contributed by atoms with Gasteiger partial charge in [0.25, 0.3) is 5.67 Å². The van der Waals surface area contributed by atoms with Crippen molar-refractivity contribution in [2.24, 2.45) is 0 Å². The molecule has 0 aliphatic rings. The van der Waals surface area contributed by atoms with Gasteiger partial charge in [-0.3, -0.25) is 4.79 Å². The second-order valence-corrected chi connectivity index (χ2v) is 3.23. The van der Waals surface area contributed by atoms with Crippen LogP contribution < -0.4 is 0 Å². The first kappa shape index (κ1) is 16.0. The third-order valence-corrected chi connectivity index (χ3v) is 2.03. The topological polar surface area (TPSA) is 26.3 Å². The summed E-state index contributed by atoms with van der Waals surface area (Å²) >= 11 is 0. The highest BCUT2D eigenvalue weighted by molar-refractivity contribution is 5.69. The number of carbonyl (C=O) groups excluding carboxylic acids is 1. The van der Waals surface area contributed by atoms with Gasteiger partial charge in [-0.2, -0.15) is 26.3 Å². The molecule has 9 heteroatoms. The van der Waals surface area contributed by atoms with E-state index in [2.05, 4.69) is 4.74 Å². The van der Waals surface area contributed by atoms with E-state index < -0.39 is 43.3 Å². The molecule has 0 bridgehead atoms. The van der Waals surface area contributed by atoms with Gasteiger partial charge in [0.1, 0.15) is 0 Å². The Hall–Kier alpha value is -1.02. The van der Waals surface area contributed by atoms with Crippen molar-refractivity contribution in [2.45, 2.75) is 37.3 Å². The average molecular weight is 270 g/mol. The minimum atomic E-state index is -6.07. The summed E-state index contributed by atoms with van der Waals surface area (Å²) in [6.07, 6.45) is -15.6. The lowest BCUT2D eigenvalue weighted by molar-refractivity contribution is -0.343. The van der Waals surface area contributed by atoms with Crippen molar-refractivity contribution in [3.8, 4) is 0 Å². The third kappa shape index (κ3) is 3.74. The summed E-state index contributed by atoms with van der Waals surface area (Å²) < 4.78 is 88.9. The predicted octanol–water partition coefficient (Wildman–Crippen LogP) is 3.16. The molecule has 0 aliphatic heterocycles. The van der Waals surface area contributed by atoms with E-state index in [0.29, 0.717) is 0 Å². The Morgan fingerprint density at radius 1 is 1.00 bits per heavy atom. The lowest BCUT2D eigenvalue weighted by Gasteiger charge is -2.29. The zero-order valence-electron chi connectivity index (χ0n) is 8.58. The second-order valence-electron chi connectivity index (χ2n) is 3.23. The molecule has 0 aromatic heterocycles. The minimum absolute atomic E-state index is 0.714. The zero-order chi connectivity index (χ0) is 13.9. The Bertz CT molecular complexity index is 254. The fourth-order valence-electron chi connectivity index (χ4n) is 1.02. The van der Waals surface area contributed by atoms with Crippen LogP contribution in [0.5, 0.6) is 0 Å². The summed E-state index contributed by atoms with van der Waals surface area (Å²) in [7, 11) is 0.915. The third-order valence-electron chi connectivity index (χ3n) is 2.03. The molecule has 0 aromatic rings. The van der Waals surface area contributed by atoms with Crippen LogP contribution >= 0.6 is 0 Å². The van der Waals surface area contributed by atoms with Crippen LogP contribution in [0.25, 0.3) is 0 Å². The minimum Gasteiger partial charge on any atom is -0.469 e. The molecule has 0 aliphatic carbocycles. The standard InChI is InChI=1S/C8H9F7O2/c1-17-5(16)3-2-4-6(9,7(10,11)12)8(13,14)15/h2-4H2,1H3. The van der Waals surface area contributed by atoms with Gasteiger partial charge in [-0.1, -0.05) is 0 Å². The molecule has 17 heavy (non-hydrogen) atoms. The van der Waals surface area contributed by atoms with E-state index in [-0.39, 0.29) is 0 Å². The van der Waals surface area contributed by atoms with Gasteiger partial charge >= 0.3 is 18.3 Å². The molecule has 0 amide bonds. The largest absolute Gasteiger partial charge is 0.469 e. The molecule has 0 heterocycles. The lowest BCUT2D eigenvalue weighted by atomic mass is 9.97. The maximum absolute atomic E-state index is 13.0. The molecule has 102 valence electrons. The van der Waals surface area contributed by atoms with Gasteiger partial charge in [-0.25, -0.2) is 4.39 Å². The Morgan fingerprint density at radius 2 is 1.41 bits per heavy atom. The molecule has 0 aromatic carbocycles. The number of esters is 1. The molecule has 2 nitrogen and oxygen atoms in total. The highest BCUT2D eigenvalue weighted by Crippen LogP contribution is 2.49. The van der Waals surface area contributed by atoms with Crippen molar-refractivity contribution in [1.82, 2.24) is 0 Å². The second kappa shape index (κ2) is 5.09. The van der Waals surface area contributed by atoms with Crippen LogP contribution in [-0.2, 0) is 9.53 Å². The summed E-state index contributed by atoms with van der Waals surface area (Å²) in [5.41, 5.74) is -5.30. The van der Waals surface area contributed by atoms with Gasteiger partial charge in [0.15, 0.2) is 0 Å². The first-order chi connectivity index (χ1) is 7.45. The van der Waals surface area contributed by atoms with Crippen LogP contribution in [0.15, 0.2) is 0 Å². The number of ether oxygens (including phenoxy) is 1. The van der Waals surface area contributed by atoms with Crippen LogP contribution in [0.4, 0.5) is 30.7 Å². The van der Waals surface area contributed by atoms with Gasteiger partial charge in [0, 0.05) is 12.8 Å². The maximum Gasteiger partial charge on any atom is 0.431 e. The summed E-state index contributed by atoms with van der Waals surface area (Å²) in [5.74, 6) is -1.00. The van der Waals surface area contributed by atoms with E-state index in [1.54, 1.807) is 0 Å². The molecule has 0 saturated carbocycles. The number of methoxy groups -OCH3 is 1. The smallest absolute Gasteiger partial charge is 0.431 e. The van der Waals surface area contributed by atoms with Crippen molar-refractivity contribution in [2.75, 3.05) is 7.11 Å². The quantitative estimate of drug-likeness (QED) is 0.579. The van der Waals surface area contributed by atoms with Gasteiger partial charge in [-0.15, -0.1) is 0 Å². The summed E-state index contributed by atoms with van der Waals surface area (Å²) in [4.78, 5) is 10.5. The van der Waals surface area contributed by atoms with Crippen molar-refractivity contribution in [1.29, 1.82) is 0 Å². The molecule has 0 N–H and O–H groups in total. The monoisotopic (exact) mass is 270 g/mol. The van der Waals surface area contributed by atoms with E-state index in [9.17, 15) is 35.5 Å². The molecular formula is C8H9F7O2. The van der Waals surface area contributed by atoms with E-state index in [1.807, 2.05) is 0 Å². The zero-order valence-corrected chi connectivity index (χ0v) is 8.58. The average Bonchev–Trinajstić information content (AvgIpc) is 2.13. The Kier molecular flexibility index (Phi) is 4.79. The van der Waals surface area contributed by atoms with Crippen molar-refractivity contribution >= 4 is 5.97 Å². The highest BCUT2D eigenvalue weighted by atomic mass is 19.4. The van der Waals surface area contributed by atoms with Crippen LogP contribution in [0.2, 0.25) is 0 Å². The van der Waals surface area contributed by atoms with Gasteiger partial charge < -0.3 is 4.74 Å². The van der Waals surface area contributed by atoms with E-state index >= 15 is 0 Å². The molecule has 0 radical (unpaired) electrons. The SMILES string of the molecule is COC(=O)CCCC(F)(C(F)(F)F)C(F)(F)F. The lowest BCUT2D eigenvalue weighted by Crippen LogP contribution is -2.53. The highest BCUT2D eigenvalue weighted by Gasteiger charge is 2.71. The van der Waals surface area contributed by atoms with Crippen LogP contribution in [0, 0.1) is 0 Å². The first-order valence-corrected chi connectivity index (χ1v) is 4.35. The summed E-state index contributed by atoms with van der Waals surface area (Å²) in [5, 5.41) is 0. The Balaban J connectivity index is 4.71. The number of carbonyl (C=O) groups is 1. The summed E-state index contributed by atoms with van der Waals surface area (Å²) in [6, 6.07) is 0. The number of rotatable bonds is 4. The molecule has 0 saturated heterocycles. The first-order valence-electron chi connectivity index (χ1n) is 4.35. The number of hydrogen-bond donors (Lipinski definition) is 0. The molecule has 0 rings (SSSR count). The van der Waals surface area contributed by atoms with E-state index in [1.165, 1.54) is 0 Å². The van der Waals surface area contributed by atoms with Gasteiger partial charge in [0.05, 0.1) is 7.11 Å². The number of alkyl halides is 7. The maximum atomic E-state index is 13.0. The fraction of sp³-hybridized carbons (Fsp3) is 0.875. The molecule has 0 spiro atoms. The van der Waals surface area contributed by atoms with Crippen molar-refractivity contribution in [3.63, 3.8) is 0 Å². The predicted molar refractivity (Wildman–Crippen MR) is 41.8 cm³/mol. The van der Waals surface area contributed by atoms with Crippen LogP contribution in [0.3, 0.4) is 0 Å². The fourth-order valence-corrected chi connectivity index (χ4v) is 1.02. The number of hydrogen-bond acceptors (Lipinski definition) is 2. The molecule has 0 fully saturated rings. The van der Waals surface area contributed by atoms with Crippen molar-refractivity contribution in [3.05, 3.63) is 0 Å². The number of halogens is 7. The van der Waals surface area contributed by atoms with Crippen LogP contribution in [-0.4, -0.2) is 31.1 Å². The normalized spacial score (nSPS) is 13.6. The van der Waals surface area contributed by atoms with E-state index in [0.717, 1.165) is 7.11 Å². The Labute approximate surface area is 91.7 Å². The Morgan fingerprint density at radius 3 is 1.71 bits per heavy atom. The van der Waals surface area contributed by atoms with Gasteiger partial charge in [-0.05, 0) is 6.42 Å². The molecule has 0 atom stereocenters. The molecular weight excluding hydrogens is 261 g/mol. The molecule has 0 unspecified atom stereocenters. The van der Waals surface area contributed by atoms with E-state index in [4.69, 9.17) is 0 Å². The van der Waals surface area contributed by atoms with Crippen LogP contribution in [0.1, 0.15) is 19.3 Å². The van der Waals surface area contributed by atoms with Gasteiger partial charge in [0.2, 0.25) is 0 Å². The summed E-state index contributed by atoms with van der Waals surface area (Å²) in [6.45, 7) is 0.